The molecule has 1 aromatic carbocycles. The third-order valence-corrected chi connectivity index (χ3v) is 4.09. The van der Waals surface area contributed by atoms with E-state index >= 15 is 0 Å². The van der Waals surface area contributed by atoms with Crippen LogP contribution in [0.5, 0.6) is 0 Å². The minimum Gasteiger partial charge on any atom is -0.339 e. The summed E-state index contributed by atoms with van der Waals surface area (Å²) in [6.45, 7) is 9.06. The SMILES string of the molecule is CCCNC1CCN(C(=O)c2cc(C)ccc2C)CC1. The number of carbonyl (C=O) groups is 1. The normalized spacial score (nSPS) is 16.4. The van der Waals surface area contributed by atoms with E-state index in [-0.39, 0.29) is 5.91 Å². The standard InChI is InChI=1S/C17H26N2O/c1-4-9-18-15-7-10-19(11-8-15)17(20)16-12-13(2)5-6-14(16)3/h5-6,12,15,18H,4,7-11H2,1-3H3. The molecule has 0 unspecified atom stereocenters. The van der Waals surface area contributed by atoms with Crippen molar-refractivity contribution in [3.63, 3.8) is 0 Å². The second-order valence-electron chi connectivity index (χ2n) is 5.84. The van der Waals surface area contributed by atoms with Crippen LogP contribution in [0.1, 0.15) is 47.7 Å². The van der Waals surface area contributed by atoms with Crippen molar-refractivity contribution in [2.24, 2.45) is 0 Å². The van der Waals surface area contributed by atoms with Crippen LogP contribution in [0.3, 0.4) is 0 Å². The van der Waals surface area contributed by atoms with Gasteiger partial charge < -0.3 is 10.2 Å². The third kappa shape index (κ3) is 3.60. The first-order valence-corrected chi connectivity index (χ1v) is 7.71. The molecule has 20 heavy (non-hydrogen) atoms. The number of piperidine rings is 1. The molecule has 1 saturated heterocycles. The van der Waals surface area contributed by atoms with Crippen molar-refractivity contribution in [2.45, 2.75) is 46.1 Å². The molecule has 0 atom stereocenters. The summed E-state index contributed by atoms with van der Waals surface area (Å²) in [4.78, 5) is 14.6. The summed E-state index contributed by atoms with van der Waals surface area (Å²) in [5.74, 6) is 0.195. The van der Waals surface area contributed by atoms with E-state index in [1.165, 1.54) is 6.42 Å². The molecular weight excluding hydrogens is 248 g/mol. The molecule has 2 rings (SSSR count). The maximum atomic E-state index is 12.6. The van der Waals surface area contributed by atoms with Crippen molar-refractivity contribution < 1.29 is 4.79 Å². The smallest absolute Gasteiger partial charge is 0.254 e. The molecule has 0 radical (unpaired) electrons. The number of hydrogen-bond donors (Lipinski definition) is 1. The Bertz CT molecular complexity index is 462. The van der Waals surface area contributed by atoms with E-state index in [0.717, 1.165) is 49.2 Å². The molecule has 1 heterocycles. The van der Waals surface area contributed by atoms with E-state index in [4.69, 9.17) is 0 Å². The molecule has 1 N–H and O–H groups in total. The van der Waals surface area contributed by atoms with Crippen molar-refractivity contribution in [1.82, 2.24) is 10.2 Å². The van der Waals surface area contributed by atoms with Crippen LogP contribution >= 0.6 is 0 Å². The van der Waals surface area contributed by atoms with Crippen LogP contribution < -0.4 is 5.32 Å². The van der Waals surface area contributed by atoms with Gasteiger partial charge in [-0.3, -0.25) is 4.79 Å². The highest BCUT2D eigenvalue weighted by Gasteiger charge is 2.23. The Morgan fingerprint density at radius 3 is 2.65 bits per heavy atom. The Labute approximate surface area is 122 Å². The second kappa shape index (κ2) is 6.89. The summed E-state index contributed by atoms with van der Waals surface area (Å²) in [7, 11) is 0. The predicted molar refractivity (Wildman–Crippen MR) is 83.1 cm³/mol. The highest BCUT2D eigenvalue weighted by Crippen LogP contribution is 2.17. The van der Waals surface area contributed by atoms with Gasteiger partial charge in [-0.25, -0.2) is 0 Å². The fraction of sp³-hybridized carbons (Fsp3) is 0.588. The highest BCUT2D eigenvalue weighted by atomic mass is 16.2. The van der Waals surface area contributed by atoms with E-state index in [0.29, 0.717) is 6.04 Å². The van der Waals surface area contributed by atoms with E-state index < -0.39 is 0 Å². The van der Waals surface area contributed by atoms with E-state index in [1.807, 2.05) is 30.9 Å². The lowest BCUT2D eigenvalue weighted by atomic mass is 10.0. The Hall–Kier alpha value is -1.35. The number of carbonyl (C=O) groups excluding carboxylic acids is 1. The number of hydrogen-bond acceptors (Lipinski definition) is 2. The zero-order chi connectivity index (χ0) is 14.5. The first-order chi connectivity index (χ1) is 9.61. The van der Waals surface area contributed by atoms with Gasteiger partial charge in [-0.2, -0.15) is 0 Å². The van der Waals surface area contributed by atoms with Crippen molar-refractivity contribution in [3.8, 4) is 0 Å². The molecular formula is C17H26N2O. The monoisotopic (exact) mass is 274 g/mol. The van der Waals surface area contributed by atoms with Crippen LogP contribution in [0.2, 0.25) is 0 Å². The van der Waals surface area contributed by atoms with Gasteiger partial charge in [0.05, 0.1) is 0 Å². The zero-order valence-electron chi connectivity index (χ0n) is 12.9. The van der Waals surface area contributed by atoms with Crippen LogP contribution in [0.4, 0.5) is 0 Å². The van der Waals surface area contributed by atoms with Crippen molar-refractivity contribution in [1.29, 1.82) is 0 Å². The fourth-order valence-corrected chi connectivity index (χ4v) is 2.77. The number of aryl methyl sites for hydroxylation is 2. The molecule has 1 aromatic rings. The largest absolute Gasteiger partial charge is 0.339 e. The quantitative estimate of drug-likeness (QED) is 0.915. The predicted octanol–water partition coefficient (Wildman–Crippen LogP) is 2.91. The van der Waals surface area contributed by atoms with Gasteiger partial charge in [-0.1, -0.05) is 24.6 Å². The van der Waals surface area contributed by atoms with Gasteiger partial charge >= 0.3 is 0 Å². The van der Waals surface area contributed by atoms with E-state index in [2.05, 4.69) is 18.3 Å². The Kier molecular flexibility index (Phi) is 5.18. The fourth-order valence-electron chi connectivity index (χ4n) is 2.77. The molecule has 0 bridgehead atoms. The molecule has 0 aromatic heterocycles. The Morgan fingerprint density at radius 2 is 2.00 bits per heavy atom. The van der Waals surface area contributed by atoms with Crippen molar-refractivity contribution in [2.75, 3.05) is 19.6 Å². The minimum absolute atomic E-state index is 0.195. The molecule has 1 aliphatic rings. The molecule has 0 aliphatic carbocycles. The molecule has 3 heteroatoms. The van der Waals surface area contributed by atoms with Crippen LogP contribution in [-0.4, -0.2) is 36.5 Å². The maximum Gasteiger partial charge on any atom is 0.254 e. The summed E-state index contributed by atoms with van der Waals surface area (Å²) in [6.07, 6.45) is 3.30. The van der Waals surface area contributed by atoms with Gasteiger partial charge in [0, 0.05) is 24.7 Å². The van der Waals surface area contributed by atoms with Gasteiger partial charge in [0.2, 0.25) is 0 Å². The Morgan fingerprint density at radius 1 is 1.30 bits per heavy atom. The van der Waals surface area contributed by atoms with Crippen LogP contribution in [-0.2, 0) is 0 Å². The lowest BCUT2D eigenvalue weighted by Gasteiger charge is -2.33. The van der Waals surface area contributed by atoms with E-state index in [9.17, 15) is 4.79 Å². The number of amides is 1. The highest BCUT2D eigenvalue weighted by molar-refractivity contribution is 5.95. The molecule has 1 amide bonds. The lowest BCUT2D eigenvalue weighted by Crippen LogP contribution is -2.45. The van der Waals surface area contributed by atoms with Crippen molar-refractivity contribution in [3.05, 3.63) is 34.9 Å². The number of benzene rings is 1. The molecule has 110 valence electrons. The summed E-state index contributed by atoms with van der Waals surface area (Å²) >= 11 is 0. The Balaban J connectivity index is 1.96. The zero-order valence-corrected chi connectivity index (χ0v) is 12.9. The number of rotatable bonds is 4. The average Bonchev–Trinajstić information content (AvgIpc) is 2.47. The first kappa shape index (κ1) is 15.0. The van der Waals surface area contributed by atoms with Gasteiger partial charge in [0.1, 0.15) is 0 Å². The molecule has 0 saturated carbocycles. The number of likely N-dealkylation sites (tertiary alicyclic amines) is 1. The van der Waals surface area contributed by atoms with Crippen LogP contribution in [0.15, 0.2) is 18.2 Å². The summed E-state index contributed by atoms with van der Waals surface area (Å²) in [5.41, 5.74) is 3.09. The van der Waals surface area contributed by atoms with Crippen LogP contribution in [0, 0.1) is 13.8 Å². The molecule has 1 aliphatic heterocycles. The van der Waals surface area contributed by atoms with Gasteiger partial charge in [-0.05, 0) is 51.3 Å². The van der Waals surface area contributed by atoms with Gasteiger partial charge in [-0.15, -0.1) is 0 Å². The minimum atomic E-state index is 0.195. The molecule has 3 nitrogen and oxygen atoms in total. The second-order valence-corrected chi connectivity index (χ2v) is 5.84. The first-order valence-electron chi connectivity index (χ1n) is 7.71. The lowest BCUT2D eigenvalue weighted by molar-refractivity contribution is 0.0704. The third-order valence-electron chi connectivity index (χ3n) is 4.09. The van der Waals surface area contributed by atoms with Gasteiger partial charge in [0.15, 0.2) is 0 Å². The summed E-state index contributed by atoms with van der Waals surface area (Å²) in [5, 5.41) is 3.55. The van der Waals surface area contributed by atoms with Crippen molar-refractivity contribution >= 4 is 5.91 Å². The number of nitrogens with one attached hydrogen (secondary N) is 1. The molecule has 1 fully saturated rings. The van der Waals surface area contributed by atoms with E-state index in [1.54, 1.807) is 0 Å². The number of nitrogens with zero attached hydrogens (tertiary/aromatic N) is 1. The summed E-state index contributed by atoms with van der Waals surface area (Å²) in [6, 6.07) is 6.70. The topological polar surface area (TPSA) is 32.3 Å². The summed E-state index contributed by atoms with van der Waals surface area (Å²) < 4.78 is 0. The maximum absolute atomic E-state index is 12.6. The molecule has 0 spiro atoms. The van der Waals surface area contributed by atoms with Gasteiger partial charge in [0.25, 0.3) is 5.91 Å². The van der Waals surface area contributed by atoms with Crippen LogP contribution in [0.25, 0.3) is 0 Å². The average molecular weight is 274 g/mol.